The lowest BCUT2D eigenvalue weighted by Crippen LogP contribution is -2.44. The molecule has 0 bridgehead atoms. The molecule has 0 atom stereocenters. The van der Waals surface area contributed by atoms with Crippen LogP contribution in [-0.4, -0.2) is 24.9 Å². The molecule has 4 nitrogen and oxygen atoms in total. The second-order valence-electron chi connectivity index (χ2n) is 6.30. The molecule has 1 heterocycles. The minimum Gasteiger partial charge on any atom is -0.381 e. The number of ketones is 1. The third kappa shape index (κ3) is 3.75. The van der Waals surface area contributed by atoms with Gasteiger partial charge in [-0.05, 0) is 49.6 Å². The Morgan fingerprint density at radius 1 is 1.08 bits per heavy atom. The monoisotopic (exact) mass is 357 g/mol. The first-order valence-electron chi connectivity index (χ1n) is 8.27. The molecule has 3 rings (SSSR count). The Balaban J connectivity index is 1.93. The average Bonchev–Trinajstić information content (AvgIpc) is 2.62. The third-order valence-electron chi connectivity index (χ3n) is 4.69. The molecule has 0 unspecified atom stereocenters. The zero-order valence-corrected chi connectivity index (χ0v) is 14.8. The van der Waals surface area contributed by atoms with Crippen LogP contribution in [-0.2, 0) is 14.9 Å². The van der Waals surface area contributed by atoms with Crippen LogP contribution in [0.5, 0.6) is 0 Å². The fraction of sp³-hybridized carbons (Fsp3) is 0.300. The van der Waals surface area contributed by atoms with Gasteiger partial charge in [-0.1, -0.05) is 35.9 Å². The third-order valence-corrected chi connectivity index (χ3v) is 4.92. The number of nitrogens with one attached hydrogen (secondary N) is 1. The Kier molecular flexibility index (Phi) is 5.21. The predicted octanol–water partition coefficient (Wildman–Crippen LogP) is 4.23. The highest BCUT2D eigenvalue weighted by Crippen LogP contribution is 2.37. The summed E-state index contributed by atoms with van der Waals surface area (Å²) < 4.78 is 5.47. The Morgan fingerprint density at radius 2 is 1.80 bits per heavy atom. The topological polar surface area (TPSA) is 55.4 Å². The summed E-state index contributed by atoms with van der Waals surface area (Å²) in [5.74, 6) is -0.134. The molecule has 1 N–H and O–H groups in total. The molecule has 1 aliphatic rings. The van der Waals surface area contributed by atoms with Gasteiger partial charge in [-0.2, -0.15) is 0 Å². The molecule has 0 spiro atoms. The van der Waals surface area contributed by atoms with Gasteiger partial charge in [-0.25, -0.2) is 0 Å². The van der Waals surface area contributed by atoms with Gasteiger partial charge in [0, 0.05) is 29.5 Å². The summed E-state index contributed by atoms with van der Waals surface area (Å²) in [5, 5.41) is 3.58. The number of hydrogen-bond acceptors (Lipinski definition) is 3. The molecule has 0 saturated carbocycles. The van der Waals surface area contributed by atoms with Crippen molar-refractivity contribution in [1.82, 2.24) is 0 Å². The number of carbonyl (C=O) groups is 2. The first-order chi connectivity index (χ1) is 12.0. The van der Waals surface area contributed by atoms with E-state index in [0.717, 1.165) is 5.56 Å². The van der Waals surface area contributed by atoms with Crippen molar-refractivity contribution in [3.8, 4) is 0 Å². The Labute approximate surface area is 152 Å². The number of ether oxygens (including phenoxy) is 1. The molecule has 130 valence electrons. The van der Waals surface area contributed by atoms with Gasteiger partial charge in [-0.15, -0.1) is 0 Å². The number of hydrogen-bond donors (Lipinski definition) is 1. The molecule has 1 aliphatic heterocycles. The molecule has 0 radical (unpaired) electrons. The minimum absolute atomic E-state index is 0.0354. The number of amides is 1. The maximum absolute atomic E-state index is 13.2. The molecule has 0 aliphatic carbocycles. The van der Waals surface area contributed by atoms with E-state index in [1.807, 2.05) is 18.2 Å². The van der Waals surface area contributed by atoms with Gasteiger partial charge < -0.3 is 10.1 Å². The van der Waals surface area contributed by atoms with Crippen LogP contribution in [0.3, 0.4) is 0 Å². The molecule has 5 heteroatoms. The fourth-order valence-corrected chi connectivity index (χ4v) is 3.41. The summed E-state index contributed by atoms with van der Waals surface area (Å²) in [6.45, 7) is 2.55. The molecule has 1 saturated heterocycles. The van der Waals surface area contributed by atoms with Gasteiger partial charge >= 0.3 is 0 Å². The summed E-state index contributed by atoms with van der Waals surface area (Å²) in [6, 6.07) is 14.4. The highest BCUT2D eigenvalue weighted by molar-refractivity contribution is 6.30. The number of anilines is 1. The molecular formula is C20H20ClNO3. The maximum Gasteiger partial charge on any atom is 0.235 e. The predicted molar refractivity (Wildman–Crippen MR) is 98.3 cm³/mol. The van der Waals surface area contributed by atoms with Crippen molar-refractivity contribution in [1.29, 1.82) is 0 Å². The molecule has 1 fully saturated rings. The van der Waals surface area contributed by atoms with Crippen molar-refractivity contribution in [2.45, 2.75) is 25.2 Å². The molecular weight excluding hydrogens is 338 g/mol. The van der Waals surface area contributed by atoms with Crippen molar-refractivity contribution < 1.29 is 14.3 Å². The van der Waals surface area contributed by atoms with E-state index < -0.39 is 5.41 Å². The highest BCUT2D eigenvalue weighted by Gasteiger charge is 2.41. The van der Waals surface area contributed by atoms with Crippen molar-refractivity contribution in [3.05, 3.63) is 64.7 Å². The largest absolute Gasteiger partial charge is 0.381 e. The van der Waals surface area contributed by atoms with Crippen LogP contribution < -0.4 is 5.32 Å². The van der Waals surface area contributed by atoms with E-state index in [9.17, 15) is 9.59 Å². The quantitative estimate of drug-likeness (QED) is 0.833. The number of carbonyl (C=O) groups excluding carboxylic acids is 2. The molecule has 0 aromatic heterocycles. The van der Waals surface area contributed by atoms with E-state index in [1.54, 1.807) is 30.3 Å². The smallest absolute Gasteiger partial charge is 0.235 e. The molecule has 25 heavy (non-hydrogen) atoms. The van der Waals surface area contributed by atoms with Crippen LogP contribution in [0.4, 0.5) is 5.69 Å². The minimum atomic E-state index is -0.685. The van der Waals surface area contributed by atoms with E-state index in [2.05, 4.69) is 5.32 Å². The average molecular weight is 358 g/mol. The molecule has 2 aromatic carbocycles. The van der Waals surface area contributed by atoms with Gasteiger partial charge in [-0.3, -0.25) is 9.59 Å². The van der Waals surface area contributed by atoms with Gasteiger partial charge in [0.2, 0.25) is 5.91 Å². The summed E-state index contributed by atoms with van der Waals surface area (Å²) in [6.07, 6.45) is 1.18. The lowest BCUT2D eigenvalue weighted by Gasteiger charge is -2.36. The molecule has 1 amide bonds. The SMILES string of the molecule is CC(=O)c1cccc(NC(=O)C2(c3cccc(Cl)c3)CCOCC2)c1. The van der Waals surface area contributed by atoms with E-state index in [1.165, 1.54) is 6.92 Å². The van der Waals surface area contributed by atoms with Crippen LogP contribution in [0.25, 0.3) is 0 Å². The number of benzene rings is 2. The zero-order chi connectivity index (χ0) is 17.9. The number of Topliss-reactive ketones (excluding diaryl/α,β-unsaturated/α-hetero) is 1. The normalized spacial score (nSPS) is 16.2. The van der Waals surface area contributed by atoms with Crippen LogP contribution >= 0.6 is 11.6 Å². The zero-order valence-electron chi connectivity index (χ0n) is 14.0. The second kappa shape index (κ2) is 7.38. The van der Waals surface area contributed by atoms with E-state index >= 15 is 0 Å². The lowest BCUT2D eigenvalue weighted by atomic mass is 9.73. The Hall–Kier alpha value is -2.17. The maximum atomic E-state index is 13.2. The highest BCUT2D eigenvalue weighted by atomic mass is 35.5. The summed E-state index contributed by atoms with van der Waals surface area (Å²) in [7, 11) is 0. The van der Waals surface area contributed by atoms with Gasteiger partial charge in [0.15, 0.2) is 5.78 Å². The molecule has 2 aromatic rings. The van der Waals surface area contributed by atoms with Crippen LogP contribution in [0.2, 0.25) is 5.02 Å². The fourth-order valence-electron chi connectivity index (χ4n) is 3.22. The Bertz CT molecular complexity index is 797. The van der Waals surface area contributed by atoms with Gasteiger partial charge in [0.1, 0.15) is 0 Å². The first kappa shape index (κ1) is 17.6. The van der Waals surface area contributed by atoms with Crippen molar-refractivity contribution in [2.75, 3.05) is 18.5 Å². The second-order valence-corrected chi connectivity index (χ2v) is 6.73. The number of rotatable bonds is 4. The summed E-state index contributed by atoms with van der Waals surface area (Å²) in [5.41, 5.74) is 1.39. The van der Waals surface area contributed by atoms with Crippen molar-refractivity contribution >= 4 is 29.0 Å². The summed E-state index contributed by atoms with van der Waals surface area (Å²) in [4.78, 5) is 24.8. The lowest BCUT2D eigenvalue weighted by molar-refractivity contribution is -0.125. The van der Waals surface area contributed by atoms with Crippen LogP contribution in [0.15, 0.2) is 48.5 Å². The van der Waals surface area contributed by atoms with E-state index in [0.29, 0.717) is 42.3 Å². The first-order valence-corrected chi connectivity index (χ1v) is 8.65. The Morgan fingerprint density at radius 3 is 2.48 bits per heavy atom. The van der Waals surface area contributed by atoms with Gasteiger partial charge in [0.05, 0.1) is 5.41 Å². The number of halogens is 1. The van der Waals surface area contributed by atoms with E-state index in [4.69, 9.17) is 16.3 Å². The summed E-state index contributed by atoms with van der Waals surface area (Å²) >= 11 is 6.15. The van der Waals surface area contributed by atoms with Gasteiger partial charge in [0.25, 0.3) is 0 Å². The van der Waals surface area contributed by atoms with E-state index in [-0.39, 0.29) is 11.7 Å². The van der Waals surface area contributed by atoms with Crippen LogP contribution in [0, 0.1) is 0 Å². The van der Waals surface area contributed by atoms with Crippen molar-refractivity contribution in [3.63, 3.8) is 0 Å². The van der Waals surface area contributed by atoms with Crippen LogP contribution in [0.1, 0.15) is 35.7 Å². The van der Waals surface area contributed by atoms with Crippen molar-refractivity contribution in [2.24, 2.45) is 0 Å². The standard InChI is InChI=1S/C20H20ClNO3/c1-14(23)15-4-2-7-18(12-15)22-19(24)20(8-10-25-11-9-20)16-5-3-6-17(21)13-16/h2-7,12-13H,8-11H2,1H3,(H,22,24).